The maximum Gasteiger partial charge on any atom is 0.238 e. The fraction of sp³-hybridized carbons (Fsp3) is 0.259. The molecule has 7 nitrogen and oxygen atoms in total. The number of nitrogens with one attached hydrogen (secondary N) is 1. The predicted octanol–water partition coefficient (Wildman–Crippen LogP) is 4.36. The number of carbonyl (C=O) groups excluding carboxylic acids is 1. The van der Waals surface area contributed by atoms with Crippen LogP contribution in [0.3, 0.4) is 0 Å². The van der Waals surface area contributed by atoms with Crippen LogP contribution in [0.5, 0.6) is 0 Å². The van der Waals surface area contributed by atoms with Gasteiger partial charge in [0.1, 0.15) is 5.82 Å². The van der Waals surface area contributed by atoms with Crippen molar-refractivity contribution in [3.8, 4) is 0 Å². The number of rotatable bonds is 7. The number of hydrogen-bond donors (Lipinski definition) is 1. The fourth-order valence-electron chi connectivity index (χ4n) is 4.47. The van der Waals surface area contributed by atoms with Crippen LogP contribution in [0, 0.1) is 5.82 Å². The molecule has 0 aliphatic carbocycles. The number of amides is 1. The summed E-state index contributed by atoms with van der Waals surface area (Å²) >= 11 is 5.80. The maximum absolute atomic E-state index is 13.3. The van der Waals surface area contributed by atoms with E-state index < -0.39 is 5.82 Å². The highest BCUT2D eigenvalue weighted by molar-refractivity contribution is 6.31. The van der Waals surface area contributed by atoms with Gasteiger partial charge in [-0.3, -0.25) is 14.7 Å². The molecule has 9 heteroatoms. The number of aromatic nitrogens is 3. The van der Waals surface area contributed by atoms with E-state index in [1.807, 2.05) is 36.7 Å². The molecule has 1 saturated heterocycles. The van der Waals surface area contributed by atoms with Gasteiger partial charge in [-0.05, 0) is 48.7 Å². The van der Waals surface area contributed by atoms with Gasteiger partial charge in [0, 0.05) is 55.0 Å². The van der Waals surface area contributed by atoms with Crippen molar-refractivity contribution in [3.63, 3.8) is 0 Å². The molecule has 2 aromatic heterocycles. The number of anilines is 2. The van der Waals surface area contributed by atoms with Crippen molar-refractivity contribution >= 4 is 39.8 Å². The molecule has 0 atom stereocenters. The summed E-state index contributed by atoms with van der Waals surface area (Å²) in [6.45, 7) is 3.17. The standard InChI is InChI=1S/C27H26ClFN6O/c28-23-17-20(6-7-24(23)29)31-26(36)18-34-13-15-35(16-14-34)27-22-4-2-1-3-21(22)25(32-33-27)8-5-19-9-11-30-12-10-19/h1-4,6-7,9-12,17H,5,8,13-16,18H2,(H,31,36). The van der Waals surface area contributed by atoms with Gasteiger partial charge in [-0.15, -0.1) is 5.10 Å². The molecule has 184 valence electrons. The van der Waals surface area contributed by atoms with Gasteiger partial charge in [-0.25, -0.2) is 4.39 Å². The summed E-state index contributed by atoms with van der Waals surface area (Å²) in [6.07, 6.45) is 5.30. The smallest absolute Gasteiger partial charge is 0.238 e. The first-order valence-electron chi connectivity index (χ1n) is 11.9. The summed E-state index contributed by atoms with van der Waals surface area (Å²) in [5, 5.41) is 14.2. The van der Waals surface area contributed by atoms with E-state index in [4.69, 9.17) is 11.6 Å². The van der Waals surface area contributed by atoms with E-state index >= 15 is 0 Å². The van der Waals surface area contributed by atoms with Crippen LogP contribution in [-0.2, 0) is 17.6 Å². The van der Waals surface area contributed by atoms with Crippen LogP contribution < -0.4 is 10.2 Å². The zero-order chi connectivity index (χ0) is 24.9. The van der Waals surface area contributed by atoms with E-state index in [1.54, 1.807) is 0 Å². The summed E-state index contributed by atoms with van der Waals surface area (Å²) in [7, 11) is 0. The van der Waals surface area contributed by atoms with Crippen molar-refractivity contribution in [3.05, 3.63) is 89.1 Å². The normalized spacial score (nSPS) is 14.2. The third-order valence-electron chi connectivity index (χ3n) is 6.39. The predicted molar refractivity (Wildman–Crippen MR) is 140 cm³/mol. The van der Waals surface area contributed by atoms with Gasteiger partial charge in [0.25, 0.3) is 0 Å². The SMILES string of the molecule is O=C(CN1CCN(c2nnc(CCc3ccncc3)c3ccccc23)CC1)Nc1ccc(F)c(Cl)c1. The van der Waals surface area contributed by atoms with E-state index in [1.165, 1.54) is 23.8 Å². The monoisotopic (exact) mass is 504 g/mol. The van der Waals surface area contributed by atoms with E-state index in [-0.39, 0.29) is 17.5 Å². The Hall–Kier alpha value is -3.62. The summed E-state index contributed by atoms with van der Waals surface area (Å²) in [4.78, 5) is 20.9. The van der Waals surface area contributed by atoms with Crippen molar-refractivity contribution in [1.29, 1.82) is 0 Å². The van der Waals surface area contributed by atoms with Crippen molar-refractivity contribution in [2.75, 3.05) is 42.9 Å². The van der Waals surface area contributed by atoms with Crippen molar-refractivity contribution in [2.24, 2.45) is 0 Å². The minimum absolute atomic E-state index is 0.0156. The number of fused-ring (bicyclic) bond motifs is 1. The zero-order valence-corrected chi connectivity index (χ0v) is 20.5. The Balaban J connectivity index is 1.21. The summed E-state index contributed by atoms with van der Waals surface area (Å²) in [5.41, 5.74) is 2.70. The topological polar surface area (TPSA) is 74.2 Å². The van der Waals surface area contributed by atoms with Crippen molar-refractivity contribution < 1.29 is 9.18 Å². The first-order valence-corrected chi connectivity index (χ1v) is 12.3. The van der Waals surface area contributed by atoms with Crippen LogP contribution in [0.2, 0.25) is 5.02 Å². The Kier molecular flexibility index (Phi) is 7.34. The second-order valence-corrected chi connectivity index (χ2v) is 9.22. The van der Waals surface area contributed by atoms with Crippen LogP contribution in [-0.4, -0.2) is 58.7 Å². The molecule has 36 heavy (non-hydrogen) atoms. The third-order valence-corrected chi connectivity index (χ3v) is 6.68. The Morgan fingerprint density at radius 1 is 0.944 bits per heavy atom. The molecular formula is C27H26ClFN6O. The van der Waals surface area contributed by atoms with E-state index in [0.29, 0.717) is 5.69 Å². The van der Waals surface area contributed by atoms with Gasteiger partial charge >= 0.3 is 0 Å². The number of carbonyl (C=O) groups is 1. The molecule has 1 aliphatic rings. The quantitative estimate of drug-likeness (QED) is 0.403. The lowest BCUT2D eigenvalue weighted by molar-refractivity contribution is -0.117. The lowest BCUT2D eigenvalue weighted by Crippen LogP contribution is -2.49. The number of aryl methyl sites for hydroxylation is 2. The lowest BCUT2D eigenvalue weighted by atomic mass is 10.0. The van der Waals surface area contributed by atoms with Crippen LogP contribution in [0.1, 0.15) is 11.3 Å². The Morgan fingerprint density at radius 3 is 2.44 bits per heavy atom. The highest BCUT2D eigenvalue weighted by Gasteiger charge is 2.22. The van der Waals surface area contributed by atoms with E-state index in [9.17, 15) is 9.18 Å². The van der Waals surface area contributed by atoms with Crippen molar-refractivity contribution in [1.82, 2.24) is 20.1 Å². The van der Waals surface area contributed by atoms with Crippen LogP contribution in [0.15, 0.2) is 67.0 Å². The van der Waals surface area contributed by atoms with Crippen LogP contribution >= 0.6 is 11.6 Å². The molecule has 4 aromatic rings. The molecule has 0 saturated carbocycles. The summed E-state index contributed by atoms with van der Waals surface area (Å²) in [6, 6.07) is 16.5. The Morgan fingerprint density at radius 2 is 1.69 bits per heavy atom. The van der Waals surface area contributed by atoms with E-state index in [0.717, 1.165) is 61.3 Å². The second kappa shape index (κ2) is 11.0. The highest BCUT2D eigenvalue weighted by atomic mass is 35.5. The summed E-state index contributed by atoms with van der Waals surface area (Å²) in [5.74, 6) is 0.210. The lowest BCUT2D eigenvalue weighted by Gasteiger charge is -2.35. The average molecular weight is 505 g/mol. The molecule has 5 rings (SSSR count). The minimum Gasteiger partial charge on any atom is -0.352 e. The first-order chi connectivity index (χ1) is 17.6. The molecule has 0 bridgehead atoms. The first kappa shape index (κ1) is 24.1. The van der Waals surface area contributed by atoms with Gasteiger partial charge in [0.05, 0.1) is 17.3 Å². The zero-order valence-electron chi connectivity index (χ0n) is 19.7. The fourth-order valence-corrected chi connectivity index (χ4v) is 4.65. The number of hydrogen-bond acceptors (Lipinski definition) is 6. The number of halogens is 2. The van der Waals surface area contributed by atoms with Crippen molar-refractivity contribution in [2.45, 2.75) is 12.8 Å². The maximum atomic E-state index is 13.3. The average Bonchev–Trinajstić information content (AvgIpc) is 2.90. The molecule has 1 fully saturated rings. The number of pyridine rings is 1. The number of benzene rings is 2. The van der Waals surface area contributed by atoms with Gasteiger partial charge in [-0.2, -0.15) is 5.10 Å². The molecule has 1 aliphatic heterocycles. The van der Waals surface area contributed by atoms with Gasteiger partial charge < -0.3 is 10.2 Å². The Bertz CT molecular complexity index is 1360. The molecule has 0 spiro atoms. The number of nitrogens with zero attached hydrogens (tertiary/aromatic N) is 5. The molecule has 1 N–H and O–H groups in total. The molecular weight excluding hydrogens is 479 g/mol. The third kappa shape index (κ3) is 5.61. The highest BCUT2D eigenvalue weighted by Crippen LogP contribution is 2.27. The Labute approximate surface area is 213 Å². The van der Waals surface area contributed by atoms with Crippen LogP contribution in [0.25, 0.3) is 10.8 Å². The van der Waals surface area contributed by atoms with Gasteiger partial charge in [0.15, 0.2) is 5.82 Å². The molecule has 0 radical (unpaired) electrons. The molecule has 2 aromatic carbocycles. The van der Waals surface area contributed by atoms with E-state index in [2.05, 4.69) is 42.4 Å². The largest absolute Gasteiger partial charge is 0.352 e. The molecule has 1 amide bonds. The number of piperazine rings is 1. The van der Waals surface area contributed by atoms with Crippen LogP contribution in [0.4, 0.5) is 15.9 Å². The second-order valence-electron chi connectivity index (χ2n) is 8.81. The molecule has 3 heterocycles. The molecule has 0 unspecified atom stereocenters. The minimum atomic E-state index is -0.511. The summed E-state index contributed by atoms with van der Waals surface area (Å²) < 4.78 is 13.3. The van der Waals surface area contributed by atoms with Gasteiger partial charge in [0.2, 0.25) is 5.91 Å². The van der Waals surface area contributed by atoms with Gasteiger partial charge in [-0.1, -0.05) is 35.9 Å².